The first-order valence-electron chi connectivity index (χ1n) is 9.49. The van der Waals surface area contributed by atoms with Gasteiger partial charge in [0, 0.05) is 17.8 Å². The molecule has 2 amide bonds. The first-order chi connectivity index (χ1) is 14.1. The summed E-state index contributed by atoms with van der Waals surface area (Å²) >= 11 is 1.41. The molecule has 2 heterocycles. The Kier molecular flexibility index (Phi) is 5.32. The summed E-state index contributed by atoms with van der Waals surface area (Å²) in [4.78, 5) is 39.5. The van der Waals surface area contributed by atoms with Crippen LogP contribution in [-0.4, -0.2) is 30.9 Å². The molecule has 1 aromatic heterocycles. The Bertz CT molecular complexity index is 1040. The highest BCUT2D eigenvalue weighted by Crippen LogP contribution is 2.38. The van der Waals surface area contributed by atoms with Gasteiger partial charge in [0.25, 0.3) is 5.91 Å². The van der Waals surface area contributed by atoms with E-state index in [1.165, 1.54) is 11.3 Å². The van der Waals surface area contributed by atoms with Crippen LogP contribution < -0.4 is 10.2 Å². The van der Waals surface area contributed by atoms with Crippen molar-refractivity contribution in [2.75, 3.05) is 23.4 Å². The zero-order valence-corrected chi connectivity index (χ0v) is 16.5. The summed E-state index contributed by atoms with van der Waals surface area (Å²) in [6, 6.07) is 8.89. The Hall–Kier alpha value is -3.18. The Morgan fingerprint density at radius 3 is 2.79 bits per heavy atom. The highest BCUT2D eigenvalue weighted by molar-refractivity contribution is 7.16. The van der Waals surface area contributed by atoms with Crippen molar-refractivity contribution in [3.05, 3.63) is 45.8 Å². The maximum Gasteiger partial charge on any atom is 0.340 e. The van der Waals surface area contributed by atoms with Crippen molar-refractivity contribution in [1.29, 1.82) is 5.26 Å². The van der Waals surface area contributed by atoms with E-state index in [1.54, 1.807) is 29.2 Å². The van der Waals surface area contributed by atoms with Gasteiger partial charge in [0.15, 0.2) is 6.61 Å². The summed E-state index contributed by atoms with van der Waals surface area (Å²) < 4.78 is 5.18. The highest BCUT2D eigenvalue weighted by atomic mass is 32.1. The third kappa shape index (κ3) is 3.74. The van der Waals surface area contributed by atoms with E-state index in [-0.39, 0.29) is 11.5 Å². The zero-order chi connectivity index (χ0) is 20.4. The van der Waals surface area contributed by atoms with E-state index >= 15 is 0 Å². The average molecular weight is 409 g/mol. The van der Waals surface area contributed by atoms with Gasteiger partial charge in [-0.2, -0.15) is 5.26 Å². The van der Waals surface area contributed by atoms with Crippen LogP contribution >= 0.6 is 11.3 Å². The predicted molar refractivity (Wildman–Crippen MR) is 108 cm³/mol. The molecule has 0 atom stereocenters. The van der Waals surface area contributed by atoms with Gasteiger partial charge >= 0.3 is 5.97 Å². The minimum absolute atomic E-state index is 0.0298. The van der Waals surface area contributed by atoms with Crippen molar-refractivity contribution in [2.45, 2.75) is 32.1 Å². The fourth-order valence-electron chi connectivity index (χ4n) is 3.77. The van der Waals surface area contributed by atoms with Gasteiger partial charge in [-0.3, -0.25) is 9.59 Å². The lowest BCUT2D eigenvalue weighted by molar-refractivity contribution is -0.119. The lowest BCUT2D eigenvalue weighted by Gasteiger charge is -2.18. The summed E-state index contributed by atoms with van der Waals surface area (Å²) in [6.45, 7) is 0.0954. The van der Waals surface area contributed by atoms with Gasteiger partial charge in [-0.15, -0.1) is 11.3 Å². The number of thiophene rings is 1. The maximum atomic E-state index is 12.5. The van der Waals surface area contributed by atoms with E-state index < -0.39 is 18.5 Å². The summed E-state index contributed by atoms with van der Waals surface area (Å²) in [5, 5.41) is 12.6. The minimum atomic E-state index is -0.662. The number of para-hydroxylation sites is 1. The maximum absolute atomic E-state index is 12.5. The van der Waals surface area contributed by atoms with Crippen LogP contribution in [0.25, 0.3) is 0 Å². The van der Waals surface area contributed by atoms with E-state index in [0.717, 1.165) is 36.1 Å². The van der Waals surface area contributed by atoms with Crippen molar-refractivity contribution < 1.29 is 19.1 Å². The van der Waals surface area contributed by atoms with Crippen molar-refractivity contribution in [3.8, 4) is 6.07 Å². The molecular weight excluding hydrogens is 390 g/mol. The Morgan fingerprint density at radius 1 is 1.21 bits per heavy atom. The molecule has 8 heteroatoms. The minimum Gasteiger partial charge on any atom is -0.452 e. The van der Waals surface area contributed by atoms with Crippen LogP contribution in [-0.2, 0) is 27.2 Å². The third-order valence-corrected chi connectivity index (χ3v) is 6.32. The summed E-state index contributed by atoms with van der Waals surface area (Å²) in [5.41, 5.74) is 2.29. The Balaban J connectivity index is 1.41. The summed E-state index contributed by atoms with van der Waals surface area (Å²) in [6.07, 6.45) is 4.01. The molecule has 1 aliphatic carbocycles. The second kappa shape index (κ2) is 8.05. The number of anilines is 2. The monoisotopic (exact) mass is 409 g/mol. The standard InChI is InChI=1S/C21H19N3O4S/c22-11-15-13-6-3-8-17(13)29-20(15)23-18(25)12-28-21(27)14-5-1-2-7-16(14)24-10-4-9-19(24)26/h1-2,5,7H,3-4,6,8-10,12H2,(H,23,25). The van der Waals surface area contributed by atoms with Gasteiger partial charge < -0.3 is 15.0 Å². The van der Waals surface area contributed by atoms with Crippen LogP contribution in [0.1, 0.15) is 45.6 Å². The SMILES string of the molecule is N#Cc1c(NC(=O)COC(=O)c2ccccc2N2CCCC2=O)sc2c1CCC2. The first kappa shape index (κ1) is 19.2. The molecule has 148 valence electrons. The van der Waals surface area contributed by atoms with Crippen molar-refractivity contribution in [1.82, 2.24) is 0 Å². The predicted octanol–water partition coefficient (Wildman–Crippen LogP) is 3.03. The Labute approximate surface area is 171 Å². The number of fused-ring (bicyclic) bond motifs is 1. The van der Waals surface area contributed by atoms with Gasteiger partial charge in [-0.1, -0.05) is 12.1 Å². The van der Waals surface area contributed by atoms with Gasteiger partial charge in [0.1, 0.15) is 11.1 Å². The summed E-state index contributed by atoms with van der Waals surface area (Å²) in [5.74, 6) is -1.19. The molecule has 2 aliphatic rings. The average Bonchev–Trinajstić information content (AvgIpc) is 3.42. The molecule has 0 saturated carbocycles. The highest BCUT2D eigenvalue weighted by Gasteiger charge is 2.27. The molecule has 1 aromatic carbocycles. The molecule has 4 rings (SSSR count). The molecule has 1 saturated heterocycles. The van der Waals surface area contributed by atoms with E-state index in [2.05, 4.69) is 11.4 Å². The third-order valence-electron chi connectivity index (χ3n) is 5.11. The number of hydrogen-bond donors (Lipinski definition) is 1. The zero-order valence-electron chi connectivity index (χ0n) is 15.7. The van der Waals surface area contributed by atoms with E-state index in [4.69, 9.17) is 4.74 Å². The number of nitriles is 1. The number of esters is 1. The summed E-state index contributed by atoms with van der Waals surface area (Å²) in [7, 11) is 0. The molecular formula is C21H19N3O4S. The number of benzene rings is 1. The molecule has 0 unspecified atom stereocenters. The molecule has 29 heavy (non-hydrogen) atoms. The lowest BCUT2D eigenvalue weighted by atomic mass is 10.1. The molecule has 0 spiro atoms. The normalized spacial score (nSPS) is 15.1. The first-order valence-corrected chi connectivity index (χ1v) is 10.3. The number of carbonyl (C=O) groups is 3. The van der Waals surface area contributed by atoms with Gasteiger partial charge in [0.05, 0.1) is 16.8 Å². The number of nitrogens with one attached hydrogen (secondary N) is 1. The van der Waals surface area contributed by atoms with Crippen molar-refractivity contribution in [3.63, 3.8) is 0 Å². The van der Waals surface area contributed by atoms with Crippen LogP contribution in [0.3, 0.4) is 0 Å². The number of carbonyl (C=O) groups excluding carboxylic acids is 3. The quantitative estimate of drug-likeness (QED) is 0.765. The second-order valence-electron chi connectivity index (χ2n) is 6.96. The van der Waals surface area contributed by atoms with E-state index in [1.807, 2.05) is 0 Å². The molecule has 7 nitrogen and oxygen atoms in total. The van der Waals surface area contributed by atoms with E-state index in [0.29, 0.717) is 29.2 Å². The Morgan fingerprint density at radius 2 is 2.03 bits per heavy atom. The van der Waals surface area contributed by atoms with Crippen molar-refractivity contribution in [2.24, 2.45) is 0 Å². The number of rotatable bonds is 5. The molecule has 1 aliphatic heterocycles. The van der Waals surface area contributed by atoms with Crippen LogP contribution in [0.15, 0.2) is 24.3 Å². The number of hydrogen-bond acceptors (Lipinski definition) is 6. The van der Waals surface area contributed by atoms with Gasteiger partial charge in [0.2, 0.25) is 5.91 Å². The fourth-order valence-corrected chi connectivity index (χ4v) is 5.02. The molecule has 1 fully saturated rings. The molecule has 0 radical (unpaired) electrons. The number of amides is 2. The molecule has 2 aromatic rings. The van der Waals surface area contributed by atoms with Crippen LogP contribution in [0.4, 0.5) is 10.7 Å². The number of aryl methyl sites for hydroxylation is 1. The van der Waals surface area contributed by atoms with Crippen LogP contribution in [0.2, 0.25) is 0 Å². The van der Waals surface area contributed by atoms with Crippen LogP contribution in [0.5, 0.6) is 0 Å². The van der Waals surface area contributed by atoms with Gasteiger partial charge in [-0.05, 0) is 43.4 Å². The van der Waals surface area contributed by atoms with Crippen molar-refractivity contribution >= 4 is 39.8 Å². The van der Waals surface area contributed by atoms with E-state index in [9.17, 15) is 19.6 Å². The second-order valence-corrected chi connectivity index (χ2v) is 8.07. The molecule has 0 bridgehead atoms. The number of ether oxygens (including phenoxy) is 1. The topological polar surface area (TPSA) is 99.5 Å². The fraction of sp³-hybridized carbons (Fsp3) is 0.333. The number of nitrogens with zero attached hydrogens (tertiary/aromatic N) is 2. The van der Waals surface area contributed by atoms with Crippen LogP contribution in [0, 0.1) is 11.3 Å². The largest absolute Gasteiger partial charge is 0.452 e. The van der Waals surface area contributed by atoms with Gasteiger partial charge in [-0.25, -0.2) is 4.79 Å². The smallest absolute Gasteiger partial charge is 0.340 e. The molecule has 1 N–H and O–H groups in total. The lowest BCUT2D eigenvalue weighted by Crippen LogP contribution is -2.27.